The van der Waals surface area contributed by atoms with Gasteiger partial charge in [-0.05, 0) is 36.1 Å². The topological polar surface area (TPSA) is 51.0 Å². The van der Waals surface area contributed by atoms with Gasteiger partial charge in [-0.2, -0.15) is 15.0 Å². The molecule has 2 aromatic heterocycles. The Morgan fingerprint density at radius 1 is 1.27 bits per heavy atom. The molecule has 1 amide bonds. The molecule has 1 aliphatic rings. The molecule has 0 saturated carbocycles. The second-order valence-corrected chi connectivity index (χ2v) is 6.42. The monoisotopic (exact) mass is 316 g/mol. The zero-order valence-corrected chi connectivity index (χ0v) is 12.5. The third kappa shape index (κ3) is 2.27. The normalized spacial score (nSPS) is 18.2. The van der Waals surface area contributed by atoms with Gasteiger partial charge in [-0.15, -0.1) is 11.3 Å². The van der Waals surface area contributed by atoms with Gasteiger partial charge in [-0.25, -0.2) is 4.39 Å². The number of carbonyl (C=O) groups excluding carboxylic acids is 1. The SMILES string of the molecule is O=C(c1cc2cc(F)ccc2s1)N1CCC(n2nccn2)C1. The van der Waals surface area contributed by atoms with Crippen LogP contribution in [0.3, 0.4) is 0 Å². The van der Waals surface area contributed by atoms with Gasteiger partial charge in [0.25, 0.3) is 5.91 Å². The minimum Gasteiger partial charge on any atom is -0.336 e. The van der Waals surface area contributed by atoms with Crippen LogP contribution < -0.4 is 0 Å². The van der Waals surface area contributed by atoms with Crippen molar-refractivity contribution in [3.05, 3.63) is 47.4 Å². The molecule has 1 unspecified atom stereocenters. The lowest BCUT2D eigenvalue weighted by Gasteiger charge is -2.15. The highest BCUT2D eigenvalue weighted by Gasteiger charge is 2.29. The van der Waals surface area contributed by atoms with E-state index in [1.165, 1.54) is 23.5 Å². The molecule has 0 radical (unpaired) electrons. The molecule has 1 aromatic carbocycles. The van der Waals surface area contributed by atoms with Gasteiger partial charge in [0.15, 0.2) is 0 Å². The summed E-state index contributed by atoms with van der Waals surface area (Å²) in [6.45, 7) is 1.30. The number of likely N-dealkylation sites (tertiary alicyclic amines) is 1. The van der Waals surface area contributed by atoms with E-state index in [4.69, 9.17) is 0 Å². The third-order valence-corrected chi connectivity index (χ3v) is 5.01. The highest BCUT2D eigenvalue weighted by molar-refractivity contribution is 7.20. The maximum absolute atomic E-state index is 13.2. The lowest BCUT2D eigenvalue weighted by Crippen LogP contribution is -2.28. The average molecular weight is 316 g/mol. The summed E-state index contributed by atoms with van der Waals surface area (Å²) in [5.74, 6) is -0.286. The number of thiophene rings is 1. The van der Waals surface area contributed by atoms with Crippen LogP contribution in [0.1, 0.15) is 22.1 Å². The van der Waals surface area contributed by atoms with Crippen molar-refractivity contribution in [3.63, 3.8) is 0 Å². The van der Waals surface area contributed by atoms with Gasteiger partial charge in [0.2, 0.25) is 0 Å². The second-order valence-electron chi connectivity index (χ2n) is 5.34. The molecule has 3 aromatic rings. The van der Waals surface area contributed by atoms with Crippen LogP contribution in [-0.4, -0.2) is 38.9 Å². The van der Waals surface area contributed by atoms with E-state index in [1.807, 2.05) is 4.90 Å². The maximum atomic E-state index is 13.2. The molecular weight excluding hydrogens is 303 g/mol. The lowest BCUT2D eigenvalue weighted by atomic mass is 10.2. The summed E-state index contributed by atoms with van der Waals surface area (Å²) in [6.07, 6.45) is 4.13. The molecule has 3 heterocycles. The fourth-order valence-electron chi connectivity index (χ4n) is 2.80. The Kier molecular flexibility index (Phi) is 3.15. The van der Waals surface area contributed by atoms with Crippen molar-refractivity contribution >= 4 is 27.3 Å². The number of nitrogens with zero attached hydrogens (tertiary/aromatic N) is 4. The first-order chi connectivity index (χ1) is 10.7. The molecule has 0 N–H and O–H groups in total. The highest BCUT2D eigenvalue weighted by Crippen LogP contribution is 2.29. The summed E-state index contributed by atoms with van der Waals surface area (Å²) in [5, 5.41) is 9.05. The largest absolute Gasteiger partial charge is 0.336 e. The fraction of sp³-hybridized carbons (Fsp3) is 0.267. The van der Waals surface area contributed by atoms with Gasteiger partial charge in [-0.1, -0.05) is 0 Å². The van der Waals surface area contributed by atoms with Crippen molar-refractivity contribution in [1.82, 2.24) is 19.9 Å². The summed E-state index contributed by atoms with van der Waals surface area (Å²) in [4.78, 5) is 16.7. The Morgan fingerprint density at radius 3 is 2.91 bits per heavy atom. The number of benzene rings is 1. The van der Waals surface area contributed by atoms with Crippen molar-refractivity contribution in [2.75, 3.05) is 13.1 Å². The molecule has 1 fully saturated rings. The van der Waals surface area contributed by atoms with Crippen LogP contribution >= 0.6 is 11.3 Å². The minimum absolute atomic E-state index is 0.00346. The van der Waals surface area contributed by atoms with Crippen molar-refractivity contribution < 1.29 is 9.18 Å². The maximum Gasteiger partial charge on any atom is 0.264 e. The molecular formula is C15H13FN4OS. The summed E-state index contributed by atoms with van der Waals surface area (Å²) in [5.41, 5.74) is 0. The third-order valence-electron chi connectivity index (χ3n) is 3.90. The number of carbonyl (C=O) groups is 1. The van der Waals surface area contributed by atoms with E-state index in [-0.39, 0.29) is 17.8 Å². The first-order valence-corrected chi connectivity index (χ1v) is 7.86. The smallest absolute Gasteiger partial charge is 0.264 e. The van der Waals surface area contributed by atoms with Crippen LogP contribution in [0.4, 0.5) is 4.39 Å². The Bertz CT molecular complexity index is 829. The standard InChI is InChI=1S/C15H13FN4OS/c16-11-1-2-13-10(7-11)8-14(22-13)15(21)19-6-3-12(9-19)20-17-4-5-18-20/h1-2,4-5,7-8,12H,3,6,9H2. The van der Waals surface area contributed by atoms with E-state index in [0.717, 1.165) is 16.5 Å². The first kappa shape index (κ1) is 13.4. The van der Waals surface area contributed by atoms with Crippen molar-refractivity contribution in [2.45, 2.75) is 12.5 Å². The number of amides is 1. The van der Waals surface area contributed by atoms with Crippen LogP contribution in [0.25, 0.3) is 10.1 Å². The number of hydrogen-bond donors (Lipinski definition) is 0. The van der Waals surface area contributed by atoms with Crippen molar-refractivity contribution in [2.24, 2.45) is 0 Å². The molecule has 0 aliphatic carbocycles. The zero-order chi connectivity index (χ0) is 15.1. The summed E-state index contributed by atoms with van der Waals surface area (Å²) < 4.78 is 14.2. The Morgan fingerprint density at radius 2 is 2.09 bits per heavy atom. The van der Waals surface area contributed by atoms with E-state index in [1.54, 1.807) is 29.3 Å². The number of rotatable bonds is 2. The highest BCUT2D eigenvalue weighted by atomic mass is 32.1. The van der Waals surface area contributed by atoms with Crippen LogP contribution in [0, 0.1) is 5.82 Å². The predicted octanol–water partition coefficient (Wildman–Crippen LogP) is 2.72. The van der Waals surface area contributed by atoms with E-state index in [9.17, 15) is 9.18 Å². The van der Waals surface area contributed by atoms with E-state index in [2.05, 4.69) is 10.2 Å². The molecule has 1 atom stereocenters. The Hall–Kier alpha value is -2.28. The van der Waals surface area contributed by atoms with Gasteiger partial charge in [-0.3, -0.25) is 4.79 Å². The molecule has 112 valence electrons. The quantitative estimate of drug-likeness (QED) is 0.730. The molecule has 1 aliphatic heterocycles. The first-order valence-electron chi connectivity index (χ1n) is 7.05. The molecule has 0 bridgehead atoms. The summed E-state index contributed by atoms with van der Waals surface area (Å²) in [6, 6.07) is 6.49. The van der Waals surface area contributed by atoms with Crippen LogP contribution in [0.5, 0.6) is 0 Å². The molecule has 7 heteroatoms. The minimum atomic E-state index is -0.282. The van der Waals surface area contributed by atoms with Gasteiger partial charge in [0.05, 0.1) is 23.3 Å². The van der Waals surface area contributed by atoms with E-state index < -0.39 is 0 Å². The molecule has 22 heavy (non-hydrogen) atoms. The summed E-state index contributed by atoms with van der Waals surface area (Å²) in [7, 11) is 0. The zero-order valence-electron chi connectivity index (χ0n) is 11.6. The van der Waals surface area contributed by atoms with Gasteiger partial charge in [0, 0.05) is 17.8 Å². The molecule has 4 rings (SSSR count). The molecule has 1 saturated heterocycles. The number of fused-ring (bicyclic) bond motifs is 1. The van der Waals surface area contributed by atoms with Gasteiger partial charge >= 0.3 is 0 Å². The second kappa shape index (κ2) is 5.17. The van der Waals surface area contributed by atoms with Crippen molar-refractivity contribution in [3.8, 4) is 0 Å². The number of aromatic nitrogens is 3. The number of hydrogen-bond acceptors (Lipinski definition) is 4. The molecule has 5 nitrogen and oxygen atoms in total. The van der Waals surface area contributed by atoms with Gasteiger partial charge < -0.3 is 4.90 Å². The molecule has 0 spiro atoms. The van der Waals surface area contributed by atoms with Gasteiger partial charge in [0.1, 0.15) is 5.82 Å². The fourth-order valence-corrected chi connectivity index (χ4v) is 3.82. The van der Waals surface area contributed by atoms with Crippen LogP contribution in [0.15, 0.2) is 36.7 Å². The lowest BCUT2D eigenvalue weighted by molar-refractivity contribution is 0.0791. The van der Waals surface area contributed by atoms with Crippen LogP contribution in [0.2, 0.25) is 0 Å². The van der Waals surface area contributed by atoms with E-state index in [0.29, 0.717) is 18.0 Å². The Labute approximate surface area is 130 Å². The average Bonchev–Trinajstić information content (AvgIpc) is 3.24. The van der Waals surface area contributed by atoms with E-state index >= 15 is 0 Å². The number of halogens is 1. The summed E-state index contributed by atoms with van der Waals surface area (Å²) >= 11 is 1.40. The Balaban J connectivity index is 1.56. The predicted molar refractivity (Wildman–Crippen MR) is 81.4 cm³/mol. The van der Waals surface area contributed by atoms with Crippen LogP contribution in [-0.2, 0) is 0 Å². The van der Waals surface area contributed by atoms with Crippen molar-refractivity contribution in [1.29, 1.82) is 0 Å².